The Bertz CT molecular complexity index is 2880. The van der Waals surface area contributed by atoms with E-state index in [2.05, 4.69) is 175 Å². The molecule has 0 aliphatic heterocycles. The molecule has 8 aromatic carbocycles. The quantitative estimate of drug-likeness (QED) is 0.188. The van der Waals surface area contributed by atoms with Crippen molar-refractivity contribution < 1.29 is 4.42 Å². The Balaban J connectivity index is 1.18. The van der Waals surface area contributed by atoms with Crippen molar-refractivity contribution in [3.05, 3.63) is 182 Å². The number of anilines is 3. The van der Waals surface area contributed by atoms with Gasteiger partial charge < -0.3 is 4.42 Å². The van der Waals surface area contributed by atoms with Crippen LogP contribution in [0.25, 0.3) is 76.5 Å². The second-order valence-corrected chi connectivity index (χ2v) is 12.8. The predicted molar refractivity (Wildman–Crippen MR) is 210 cm³/mol. The van der Waals surface area contributed by atoms with Crippen molar-refractivity contribution in [2.75, 3.05) is 4.90 Å². The molecule has 0 aliphatic carbocycles. The summed E-state index contributed by atoms with van der Waals surface area (Å²) in [6.45, 7) is 0. The Morgan fingerprint density at radius 1 is 0.400 bits per heavy atom. The molecule has 0 fully saturated rings. The zero-order valence-corrected chi connectivity index (χ0v) is 27.1. The molecule has 0 saturated heterocycles. The standard InChI is InChI=1S/C47H30N2O/c1-2-11-34-27-38(20-19-31(34)9-1)35-15-7-16-40(28-35)49(39-23-21-33(22-24-39)42-18-8-14-32-10-5-6-17-41(32)42)47-46-43-29-36-12-3-4-13-37(36)30-45(43)50-44(46)25-26-48-47/h1-30H. The topological polar surface area (TPSA) is 29.3 Å². The van der Waals surface area contributed by atoms with Crippen molar-refractivity contribution >= 4 is 71.4 Å². The molecule has 0 spiro atoms. The van der Waals surface area contributed by atoms with E-state index in [1.165, 1.54) is 43.6 Å². The lowest BCUT2D eigenvalue weighted by molar-refractivity contribution is 0.669. The van der Waals surface area contributed by atoms with Gasteiger partial charge >= 0.3 is 0 Å². The summed E-state index contributed by atoms with van der Waals surface area (Å²) < 4.78 is 6.51. The number of rotatable bonds is 5. The Hall–Kier alpha value is -6.71. The molecule has 3 heteroatoms. The van der Waals surface area contributed by atoms with Crippen LogP contribution in [0.15, 0.2) is 187 Å². The minimum atomic E-state index is 0.809. The summed E-state index contributed by atoms with van der Waals surface area (Å²) >= 11 is 0. The summed E-state index contributed by atoms with van der Waals surface area (Å²) in [4.78, 5) is 7.36. The van der Waals surface area contributed by atoms with E-state index < -0.39 is 0 Å². The first-order valence-electron chi connectivity index (χ1n) is 16.9. The summed E-state index contributed by atoms with van der Waals surface area (Å²) in [5.41, 5.74) is 8.38. The highest BCUT2D eigenvalue weighted by Crippen LogP contribution is 2.44. The van der Waals surface area contributed by atoms with Crippen LogP contribution in [0, 0.1) is 0 Å². The van der Waals surface area contributed by atoms with Crippen LogP contribution in [0.5, 0.6) is 0 Å². The monoisotopic (exact) mass is 638 g/mol. The van der Waals surface area contributed by atoms with Crippen molar-refractivity contribution in [2.24, 2.45) is 0 Å². The number of pyridine rings is 1. The largest absolute Gasteiger partial charge is 0.456 e. The Morgan fingerprint density at radius 3 is 1.90 bits per heavy atom. The Labute approximate surface area is 289 Å². The van der Waals surface area contributed by atoms with E-state index in [0.29, 0.717) is 0 Å². The first kappa shape index (κ1) is 28.3. The van der Waals surface area contributed by atoms with Crippen molar-refractivity contribution in [2.45, 2.75) is 0 Å². The first-order chi connectivity index (χ1) is 24.8. The molecule has 0 radical (unpaired) electrons. The second-order valence-electron chi connectivity index (χ2n) is 12.8. The van der Waals surface area contributed by atoms with Gasteiger partial charge in [-0.05, 0) is 103 Å². The number of hydrogen-bond donors (Lipinski definition) is 0. The lowest BCUT2D eigenvalue weighted by Gasteiger charge is -2.26. The first-order valence-corrected chi connectivity index (χ1v) is 16.9. The second kappa shape index (κ2) is 11.5. The molecule has 0 unspecified atom stereocenters. The normalized spacial score (nSPS) is 11.6. The number of benzene rings is 8. The van der Waals surface area contributed by atoms with Gasteiger partial charge in [-0.3, -0.25) is 4.90 Å². The predicted octanol–water partition coefficient (Wildman–Crippen LogP) is 13.2. The van der Waals surface area contributed by atoms with Crippen LogP contribution >= 0.6 is 0 Å². The highest BCUT2D eigenvalue weighted by atomic mass is 16.3. The van der Waals surface area contributed by atoms with Crippen LogP contribution in [0.1, 0.15) is 0 Å². The highest BCUT2D eigenvalue weighted by Gasteiger charge is 2.22. The molecule has 0 amide bonds. The van der Waals surface area contributed by atoms with E-state index in [0.717, 1.165) is 50.1 Å². The smallest absolute Gasteiger partial charge is 0.149 e. The summed E-state index contributed by atoms with van der Waals surface area (Å²) in [5, 5.41) is 9.28. The Morgan fingerprint density at radius 2 is 1.06 bits per heavy atom. The van der Waals surface area contributed by atoms with Gasteiger partial charge in [0.25, 0.3) is 0 Å². The molecule has 10 aromatic rings. The summed E-state index contributed by atoms with van der Waals surface area (Å²) in [6, 6.07) is 62.6. The third kappa shape index (κ3) is 4.71. The van der Waals surface area contributed by atoms with Crippen LogP contribution in [-0.4, -0.2) is 4.98 Å². The van der Waals surface area contributed by atoms with Gasteiger partial charge in [0, 0.05) is 23.0 Å². The number of hydrogen-bond acceptors (Lipinski definition) is 3. The molecule has 0 bridgehead atoms. The zero-order chi connectivity index (χ0) is 33.0. The van der Waals surface area contributed by atoms with E-state index in [4.69, 9.17) is 9.40 Å². The van der Waals surface area contributed by atoms with Crippen LogP contribution < -0.4 is 4.90 Å². The van der Waals surface area contributed by atoms with Gasteiger partial charge in [0.1, 0.15) is 17.0 Å². The van der Waals surface area contributed by atoms with E-state index >= 15 is 0 Å². The molecule has 0 aliphatic rings. The lowest BCUT2D eigenvalue weighted by Crippen LogP contribution is -2.12. The summed E-state index contributed by atoms with van der Waals surface area (Å²) in [7, 11) is 0. The van der Waals surface area contributed by atoms with Crippen molar-refractivity contribution in [1.82, 2.24) is 4.98 Å². The van der Waals surface area contributed by atoms with Gasteiger partial charge in [-0.2, -0.15) is 0 Å². The number of fused-ring (bicyclic) bond motifs is 6. The fraction of sp³-hybridized carbons (Fsp3) is 0. The molecular weight excluding hydrogens is 609 g/mol. The van der Waals surface area contributed by atoms with Crippen LogP contribution in [-0.2, 0) is 0 Å². The third-order valence-corrected chi connectivity index (χ3v) is 9.85. The van der Waals surface area contributed by atoms with Crippen molar-refractivity contribution in [3.63, 3.8) is 0 Å². The molecule has 2 heterocycles. The average Bonchev–Trinajstić information content (AvgIpc) is 3.55. The highest BCUT2D eigenvalue weighted by molar-refractivity contribution is 6.15. The van der Waals surface area contributed by atoms with Gasteiger partial charge in [0.2, 0.25) is 0 Å². The molecule has 0 saturated carbocycles. The van der Waals surface area contributed by atoms with Crippen molar-refractivity contribution in [1.29, 1.82) is 0 Å². The van der Waals surface area contributed by atoms with Gasteiger partial charge in [-0.25, -0.2) is 4.98 Å². The summed E-state index contributed by atoms with van der Waals surface area (Å²) in [5.74, 6) is 0.824. The minimum Gasteiger partial charge on any atom is -0.456 e. The molecular formula is C47H30N2O. The van der Waals surface area contributed by atoms with Crippen LogP contribution in [0.3, 0.4) is 0 Å². The van der Waals surface area contributed by atoms with E-state index in [-0.39, 0.29) is 0 Å². The number of aromatic nitrogens is 1. The van der Waals surface area contributed by atoms with Crippen molar-refractivity contribution in [3.8, 4) is 22.3 Å². The average molecular weight is 639 g/mol. The number of furan rings is 1. The molecule has 0 N–H and O–H groups in total. The molecule has 0 atom stereocenters. The third-order valence-electron chi connectivity index (χ3n) is 9.85. The van der Waals surface area contributed by atoms with Crippen LogP contribution in [0.2, 0.25) is 0 Å². The fourth-order valence-corrected chi connectivity index (χ4v) is 7.41. The van der Waals surface area contributed by atoms with E-state index in [1.807, 2.05) is 12.3 Å². The zero-order valence-electron chi connectivity index (χ0n) is 27.1. The minimum absolute atomic E-state index is 0.809. The van der Waals surface area contributed by atoms with Gasteiger partial charge in [-0.1, -0.05) is 127 Å². The molecule has 2 aromatic heterocycles. The van der Waals surface area contributed by atoms with E-state index in [1.54, 1.807) is 0 Å². The van der Waals surface area contributed by atoms with E-state index in [9.17, 15) is 0 Å². The maximum atomic E-state index is 6.51. The van der Waals surface area contributed by atoms with Crippen LogP contribution in [0.4, 0.5) is 17.2 Å². The lowest BCUT2D eigenvalue weighted by atomic mass is 9.98. The van der Waals surface area contributed by atoms with Gasteiger partial charge in [0.05, 0.1) is 5.39 Å². The Kier molecular flexibility index (Phi) is 6.49. The fourth-order valence-electron chi connectivity index (χ4n) is 7.41. The SMILES string of the molecule is c1cc(-c2ccc3ccccc3c2)cc(N(c2ccc(-c3cccc4ccccc34)cc2)c2nccc3oc4cc5ccccc5cc4c23)c1. The molecule has 10 rings (SSSR count). The molecule has 3 nitrogen and oxygen atoms in total. The van der Waals surface area contributed by atoms with Gasteiger partial charge in [-0.15, -0.1) is 0 Å². The summed E-state index contributed by atoms with van der Waals surface area (Å²) in [6.07, 6.45) is 1.85. The molecule has 50 heavy (non-hydrogen) atoms. The van der Waals surface area contributed by atoms with Gasteiger partial charge in [0.15, 0.2) is 0 Å². The maximum Gasteiger partial charge on any atom is 0.149 e. The molecule has 234 valence electrons. The maximum absolute atomic E-state index is 6.51. The number of nitrogens with zero attached hydrogens (tertiary/aromatic N) is 2.